The minimum absolute atomic E-state index is 0.734. The van der Waals surface area contributed by atoms with Crippen LogP contribution in [-0.4, -0.2) is 37.3 Å². The number of nitrogens with zero attached hydrogens (tertiary/aromatic N) is 3. The van der Waals surface area contributed by atoms with Gasteiger partial charge in [-0.1, -0.05) is 13.8 Å². The van der Waals surface area contributed by atoms with Crippen LogP contribution in [0.4, 0.5) is 17.5 Å². The molecule has 1 aromatic carbocycles. The SMILES string of the molecule is CCCN(CCC)c1nc(C)cc(Nc2cc(OC)ccc2OC)n1. The van der Waals surface area contributed by atoms with E-state index in [1.807, 2.05) is 31.2 Å². The Balaban J connectivity index is 2.34. The third-order valence-corrected chi connectivity index (χ3v) is 3.78. The Bertz CT molecular complexity index is 685. The van der Waals surface area contributed by atoms with E-state index in [0.717, 1.165) is 60.6 Å². The second kappa shape index (κ2) is 9.11. The van der Waals surface area contributed by atoms with E-state index in [2.05, 4.69) is 29.0 Å². The molecule has 1 aromatic heterocycles. The first-order valence-electron chi connectivity index (χ1n) is 8.70. The molecule has 1 N–H and O–H groups in total. The van der Waals surface area contributed by atoms with Crippen LogP contribution in [0.25, 0.3) is 0 Å². The normalized spacial score (nSPS) is 10.4. The van der Waals surface area contributed by atoms with Gasteiger partial charge in [-0.3, -0.25) is 0 Å². The van der Waals surface area contributed by atoms with Crippen molar-refractivity contribution in [2.24, 2.45) is 0 Å². The Hall–Kier alpha value is -2.50. The van der Waals surface area contributed by atoms with Gasteiger partial charge < -0.3 is 19.7 Å². The molecule has 0 fully saturated rings. The van der Waals surface area contributed by atoms with Gasteiger partial charge in [0.05, 0.1) is 19.9 Å². The zero-order chi connectivity index (χ0) is 18.2. The maximum atomic E-state index is 5.43. The van der Waals surface area contributed by atoms with Gasteiger partial charge in [-0.25, -0.2) is 4.98 Å². The van der Waals surface area contributed by atoms with Crippen molar-refractivity contribution in [1.82, 2.24) is 9.97 Å². The minimum Gasteiger partial charge on any atom is -0.497 e. The van der Waals surface area contributed by atoms with Crippen molar-refractivity contribution < 1.29 is 9.47 Å². The number of ether oxygens (including phenoxy) is 2. The molecule has 0 saturated carbocycles. The van der Waals surface area contributed by atoms with Crippen molar-refractivity contribution in [2.45, 2.75) is 33.6 Å². The van der Waals surface area contributed by atoms with E-state index in [9.17, 15) is 0 Å². The third-order valence-electron chi connectivity index (χ3n) is 3.78. The lowest BCUT2D eigenvalue weighted by atomic mass is 10.2. The van der Waals surface area contributed by atoms with Crippen LogP contribution in [-0.2, 0) is 0 Å². The molecule has 6 heteroatoms. The maximum Gasteiger partial charge on any atom is 0.227 e. The highest BCUT2D eigenvalue weighted by Gasteiger charge is 2.12. The summed E-state index contributed by atoms with van der Waals surface area (Å²) >= 11 is 0. The van der Waals surface area contributed by atoms with Gasteiger partial charge in [0.25, 0.3) is 0 Å². The number of rotatable bonds is 9. The molecule has 0 bridgehead atoms. The van der Waals surface area contributed by atoms with Crippen LogP contribution in [0.3, 0.4) is 0 Å². The lowest BCUT2D eigenvalue weighted by molar-refractivity contribution is 0.405. The summed E-state index contributed by atoms with van der Waals surface area (Å²) in [4.78, 5) is 11.5. The molecule has 0 aliphatic carbocycles. The van der Waals surface area contributed by atoms with Gasteiger partial charge >= 0.3 is 0 Å². The van der Waals surface area contributed by atoms with E-state index >= 15 is 0 Å². The quantitative estimate of drug-likeness (QED) is 0.737. The van der Waals surface area contributed by atoms with Crippen LogP contribution in [0.1, 0.15) is 32.4 Å². The van der Waals surface area contributed by atoms with E-state index in [1.165, 1.54) is 0 Å². The Morgan fingerprint density at radius 2 is 1.72 bits per heavy atom. The topological polar surface area (TPSA) is 59.5 Å². The fourth-order valence-corrected chi connectivity index (χ4v) is 2.66. The molecule has 2 rings (SSSR count). The average molecular weight is 344 g/mol. The molecule has 1 heterocycles. The van der Waals surface area contributed by atoms with Gasteiger partial charge in [-0.05, 0) is 31.9 Å². The fraction of sp³-hybridized carbons (Fsp3) is 0.474. The van der Waals surface area contributed by atoms with E-state index < -0.39 is 0 Å². The molecule has 0 aliphatic rings. The molecule has 0 amide bonds. The lowest BCUT2D eigenvalue weighted by Gasteiger charge is -2.22. The number of nitrogens with one attached hydrogen (secondary N) is 1. The summed E-state index contributed by atoms with van der Waals surface area (Å²) in [6.45, 7) is 8.20. The van der Waals surface area contributed by atoms with Crippen LogP contribution in [0.5, 0.6) is 11.5 Å². The van der Waals surface area contributed by atoms with Crippen LogP contribution in [0, 0.1) is 6.92 Å². The number of methoxy groups -OCH3 is 2. The number of hydrogen-bond acceptors (Lipinski definition) is 6. The van der Waals surface area contributed by atoms with Gasteiger partial charge in [0.1, 0.15) is 17.3 Å². The second-order valence-corrected chi connectivity index (χ2v) is 5.87. The number of anilines is 3. The van der Waals surface area contributed by atoms with Crippen molar-refractivity contribution >= 4 is 17.5 Å². The summed E-state index contributed by atoms with van der Waals surface area (Å²) in [6.07, 6.45) is 2.12. The lowest BCUT2D eigenvalue weighted by Crippen LogP contribution is -2.27. The fourth-order valence-electron chi connectivity index (χ4n) is 2.66. The maximum absolute atomic E-state index is 5.43. The number of benzene rings is 1. The second-order valence-electron chi connectivity index (χ2n) is 5.87. The molecular formula is C19H28N4O2. The predicted molar refractivity (Wildman–Crippen MR) is 102 cm³/mol. The number of aryl methyl sites for hydroxylation is 1. The zero-order valence-electron chi connectivity index (χ0n) is 15.8. The molecule has 0 spiro atoms. The summed E-state index contributed by atoms with van der Waals surface area (Å²) in [5, 5.41) is 3.34. The number of aromatic nitrogens is 2. The van der Waals surface area contributed by atoms with Crippen molar-refractivity contribution in [3.05, 3.63) is 30.0 Å². The first-order valence-corrected chi connectivity index (χ1v) is 8.70. The zero-order valence-corrected chi connectivity index (χ0v) is 15.8. The summed E-state index contributed by atoms with van der Waals surface area (Å²) in [5.74, 6) is 2.99. The summed E-state index contributed by atoms with van der Waals surface area (Å²) < 4.78 is 10.7. The highest BCUT2D eigenvalue weighted by atomic mass is 16.5. The van der Waals surface area contributed by atoms with E-state index in [1.54, 1.807) is 14.2 Å². The van der Waals surface area contributed by atoms with E-state index in [0.29, 0.717) is 0 Å². The molecule has 0 aliphatic heterocycles. The molecular weight excluding hydrogens is 316 g/mol. The van der Waals surface area contributed by atoms with Crippen LogP contribution in [0.2, 0.25) is 0 Å². The van der Waals surface area contributed by atoms with E-state index in [4.69, 9.17) is 14.5 Å². The van der Waals surface area contributed by atoms with Crippen LogP contribution < -0.4 is 19.7 Å². The van der Waals surface area contributed by atoms with Gasteiger partial charge in [-0.2, -0.15) is 4.98 Å². The Kier molecular flexibility index (Phi) is 6.86. The Labute approximate surface area is 150 Å². The predicted octanol–water partition coefficient (Wildman–Crippen LogP) is 4.17. The van der Waals surface area contributed by atoms with Crippen molar-refractivity contribution in [3.63, 3.8) is 0 Å². The Morgan fingerprint density at radius 1 is 1.00 bits per heavy atom. The van der Waals surface area contributed by atoms with E-state index in [-0.39, 0.29) is 0 Å². The van der Waals surface area contributed by atoms with Gasteiger partial charge in [0, 0.05) is 30.9 Å². The van der Waals surface area contributed by atoms with Crippen molar-refractivity contribution in [3.8, 4) is 11.5 Å². The molecule has 136 valence electrons. The standard InChI is InChI=1S/C19H28N4O2/c1-6-10-23(11-7-2)19-20-14(3)12-18(22-19)21-16-13-15(24-4)8-9-17(16)25-5/h8-9,12-13H,6-7,10-11H2,1-5H3,(H,20,21,22). The summed E-state index contributed by atoms with van der Waals surface area (Å²) in [5.41, 5.74) is 1.73. The van der Waals surface area contributed by atoms with Crippen LogP contribution in [0.15, 0.2) is 24.3 Å². The molecule has 25 heavy (non-hydrogen) atoms. The molecule has 0 atom stereocenters. The van der Waals surface area contributed by atoms with Gasteiger partial charge in [-0.15, -0.1) is 0 Å². The first-order chi connectivity index (χ1) is 12.1. The molecule has 0 unspecified atom stereocenters. The van der Waals surface area contributed by atoms with Crippen molar-refractivity contribution in [1.29, 1.82) is 0 Å². The smallest absolute Gasteiger partial charge is 0.227 e. The largest absolute Gasteiger partial charge is 0.497 e. The van der Waals surface area contributed by atoms with Gasteiger partial charge in [0.15, 0.2) is 0 Å². The minimum atomic E-state index is 0.734. The number of hydrogen-bond donors (Lipinski definition) is 1. The molecule has 0 radical (unpaired) electrons. The van der Waals surface area contributed by atoms with Crippen molar-refractivity contribution in [2.75, 3.05) is 37.5 Å². The summed E-state index contributed by atoms with van der Waals surface area (Å²) in [6, 6.07) is 7.56. The summed E-state index contributed by atoms with van der Waals surface area (Å²) in [7, 11) is 3.29. The molecule has 6 nitrogen and oxygen atoms in total. The highest BCUT2D eigenvalue weighted by Crippen LogP contribution is 2.31. The third kappa shape index (κ3) is 4.98. The van der Waals surface area contributed by atoms with Gasteiger partial charge in [0.2, 0.25) is 5.95 Å². The first kappa shape index (κ1) is 18.8. The average Bonchev–Trinajstić information content (AvgIpc) is 2.61. The monoisotopic (exact) mass is 344 g/mol. The van der Waals surface area contributed by atoms with Crippen LogP contribution >= 0.6 is 0 Å². The molecule has 0 saturated heterocycles. The Morgan fingerprint density at radius 3 is 2.32 bits per heavy atom. The highest BCUT2D eigenvalue weighted by molar-refractivity contribution is 5.67. The molecule has 2 aromatic rings.